The van der Waals surface area contributed by atoms with Crippen molar-refractivity contribution < 1.29 is 8.78 Å². The largest absolute Gasteiger partial charge is 0.396 e. The van der Waals surface area contributed by atoms with Gasteiger partial charge in [0, 0.05) is 6.54 Å². The molecule has 6 heteroatoms. The van der Waals surface area contributed by atoms with Gasteiger partial charge in [-0.2, -0.15) is 0 Å². The van der Waals surface area contributed by atoms with Gasteiger partial charge in [-0.15, -0.1) is 0 Å². The lowest BCUT2D eigenvalue weighted by Gasteiger charge is -2.05. The quantitative estimate of drug-likeness (QED) is 0.854. The lowest BCUT2D eigenvalue weighted by molar-refractivity contribution is 0.507. The van der Waals surface area contributed by atoms with Crippen LogP contribution in [0.2, 0.25) is 0 Å². The molecular formula is C11H10F2N4. The Labute approximate surface area is 96.5 Å². The van der Waals surface area contributed by atoms with E-state index in [1.165, 1.54) is 18.5 Å². The number of benzene rings is 1. The molecule has 4 nitrogen and oxygen atoms in total. The molecule has 0 aliphatic carbocycles. The standard InChI is InChI=1S/C11H10F2N4/c12-9-2-1-7(3-10(9)13)4-15-11-16-5-8(14)6-17-11/h1-3,5-6H,4,14H2,(H,15,16,17). The van der Waals surface area contributed by atoms with E-state index in [4.69, 9.17) is 5.73 Å². The van der Waals surface area contributed by atoms with Crippen molar-refractivity contribution in [3.8, 4) is 0 Å². The lowest BCUT2D eigenvalue weighted by atomic mass is 10.2. The van der Waals surface area contributed by atoms with Gasteiger partial charge in [0.15, 0.2) is 11.6 Å². The highest BCUT2D eigenvalue weighted by Crippen LogP contribution is 2.10. The fourth-order valence-corrected chi connectivity index (χ4v) is 1.26. The van der Waals surface area contributed by atoms with Gasteiger partial charge < -0.3 is 11.1 Å². The number of anilines is 2. The predicted molar refractivity (Wildman–Crippen MR) is 60.1 cm³/mol. The Morgan fingerprint density at radius 3 is 2.47 bits per heavy atom. The summed E-state index contributed by atoms with van der Waals surface area (Å²) in [6, 6.07) is 3.69. The number of nitrogens with zero attached hydrogens (tertiary/aromatic N) is 2. The molecule has 0 saturated heterocycles. The van der Waals surface area contributed by atoms with Gasteiger partial charge >= 0.3 is 0 Å². The van der Waals surface area contributed by atoms with Crippen molar-refractivity contribution in [2.24, 2.45) is 0 Å². The highest BCUT2D eigenvalue weighted by molar-refractivity contribution is 5.36. The Morgan fingerprint density at radius 1 is 1.12 bits per heavy atom. The third kappa shape index (κ3) is 2.87. The molecule has 0 aliphatic heterocycles. The van der Waals surface area contributed by atoms with Crippen molar-refractivity contribution in [2.45, 2.75) is 6.54 Å². The first-order chi connectivity index (χ1) is 8.15. The van der Waals surface area contributed by atoms with Gasteiger partial charge in [0.05, 0.1) is 18.1 Å². The third-order valence-corrected chi connectivity index (χ3v) is 2.11. The fourth-order valence-electron chi connectivity index (χ4n) is 1.26. The molecule has 0 radical (unpaired) electrons. The van der Waals surface area contributed by atoms with E-state index in [2.05, 4.69) is 15.3 Å². The Hall–Kier alpha value is -2.24. The zero-order valence-corrected chi connectivity index (χ0v) is 8.82. The van der Waals surface area contributed by atoms with Gasteiger partial charge in [-0.1, -0.05) is 6.07 Å². The second kappa shape index (κ2) is 4.73. The van der Waals surface area contributed by atoms with E-state index in [9.17, 15) is 8.78 Å². The van der Waals surface area contributed by atoms with E-state index < -0.39 is 11.6 Å². The van der Waals surface area contributed by atoms with Gasteiger partial charge in [-0.05, 0) is 17.7 Å². The molecule has 0 spiro atoms. The number of aromatic nitrogens is 2. The number of nitrogens with two attached hydrogens (primary N) is 1. The van der Waals surface area contributed by atoms with Crippen molar-refractivity contribution >= 4 is 11.6 Å². The van der Waals surface area contributed by atoms with Gasteiger partial charge in [-0.25, -0.2) is 18.7 Å². The number of nitrogen functional groups attached to an aromatic ring is 1. The second-order valence-corrected chi connectivity index (χ2v) is 3.44. The van der Waals surface area contributed by atoms with Gasteiger partial charge in [0.25, 0.3) is 0 Å². The SMILES string of the molecule is Nc1cnc(NCc2ccc(F)c(F)c2)nc1. The second-order valence-electron chi connectivity index (χ2n) is 3.44. The summed E-state index contributed by atoms with van der Waals surface area (Å²) in [5.41, 5.74) is 6.49. The molecule has 2 aromatic rings. The molecule has 3 N–H and O–H groups in total. The smallest absolute Gasteiger partial charge is 0.222 e. The minimum atomic E-state index is -0.873. The summed E-state index contributed by atoms with van der Waals surface area (Å²) >= 11 is 0. The van der Waals surface area contributed by atoms with Crippen LogP contribution in [0.25, 0.3) is 0 Å². The summed E-state index contributed by atoms with van der Waals surface area (Å²) in [6.45, 7) is 0.307. The first-order valence-corrected chi connectivity index (χ1v) is 4.90. The molecular weight excluding hydrogens is 226 g/mol. The highest BCUT2D eigenvalue weighted by atomic mass is 19.2. The zero-order valence-electron chi connectivity index (χ0n) is 8.82. The monoisotopic (exact) mass is 236 g/mol. The molecule has 17 heavy (non-hydrogen) atoms. The zero-order chi connectivity index (χ0) is 12.3. The van der Waals surface area contributed by atoms with Crippen LogP contribution >= 0.6 is 0 Å². The molecule has 2 rings (SSSR count). The van der Waals surface area contributed by atoms with Crippen LogP contribution in [0.3, 0.4) is 0 Å². The van der Waals surface area contributed by atoms with Crippen molar-refractivity contribution in [3.63, 3.8) is 0 Å². The summed E-state index contributed by atoms with van der Waals surface area (Å²) in [4.78, 5) is 7.84. The Balaban J connectivity index is 2.02. The summed E-state index contributed by atoms with van der Waals surface area (Å²) in [6.07, 6.45) is 2.92. The van der Waals surface area contributed by atoms with E-state index in [0.717, 1.165) is 12.1 Å². The van der Waals surface area contributed by atoms with Crippen molar-refractivity contribution in [1.82, 2.24) is 9.97 Å². The molecule has 0 aliphatic rings. The summed E-state index contributed by atoms with van der Waals surface area (Å²) in [7, 11) is 0. The number of nitrogens with one attached hydrogen (secondary N) is 1. The maximum Gasteiger partial charge on any atom is 0.222 e. The first kappa shape index (κ1) is 11.3. The number of halogens is 2. The molecule has 1 aromatic carbocycles. The predicted octanol–water partition coefficient (Wildman–Crippen LogP) is 1.95. The lowest BCUT2D eigenvalue weighted by Crippen LogP contribution is -2.04. The van der Waals surface area contributed by atoms with Crippen molar-refractivity contribution in [2.75, 3.05) is 11.1 Å². The molecule has 1 heterocycles. The molecule has 88 valence electrons. The Kier molecular flexibility index (Phi) is 3.13. The van der Waals surface area contributed by atoms with Crippen LogP contribution in [0.1, 0.15) is 5.56 Å². The fraction of sp³-hybridized carbons (Fsp3) is 0.0909. The normalized spacial score (nSPS) is 10.2. The number of hydrogen-bond acceptors (Lipinski definition) is 4. The molecule has 0 saturated carbocycles. The van der Waals surface area contributed by atoms with E-state index in [1.807, 2.05) is 0 Å². The summed E-state index contributed by atoms with van der Waals surface area (Å²) in [5.74, 6) is -1.36. The van der Waals surface area contributed by atoms with Crippen LogP contribution in [0.15, 0.2) is 30.6 Å². The molecule has 0 unspecified atom stereocenters. The van der Waals surface area contributed by atoms with Crippen LogP contribution in [0, 0.1) is 11.6 Å². The topological polar surface area (TPSA) is 63.8 Å². The van der Waals surface area contributed by atoms with Crippen LogP contribution in [-0.4, -0.2) is 9.97 Å². The van der Waals surface area contributed by atoms with Crippen LogP contribution in [0.5, 0.6) is 0 Å². The van der Waals surface area contributed by atoms with Crippen LogP contribution in [0.4, 0.5) is 20.4 Å². The molecule has 0 amide bonds. The van der Waals surface area contributed by atoms with E-state index in [1.54, 1.807) is 0 Å². The molecule has 0 bridgehead atoms. The third-order valence-electron chi connectivity index (χ3n) is 2.11. The minimum Gasteiger partial charge on any atom is -0.396 e. The number of hydrogen-bond donors (Lipinski definition) is 2. The average Bonchev–Trinajstić information content (AvgIpc) is 2.33. The van der Waals surface area contributed by atoms with E-state index in [0.29, 0.717) is 23.7 Å². The minimum absolute atomic E-state index is 0.307. The van der Waals surface area contributed by atoms with E-state index >= 15 is 0 Å². The van der Waals surface area contributed by atoms with Crippen molar-refractivity contribution in [3.05, 3.63) is 47.8 Å². The maximum atomic E-state index is 12.9. The molecule has 0 atom stereocenters. The highest BCUT2D eigenvalue weighted by Gasteiger charge is 2.02. The van der Waals surface area contributed by atoms with Crippen LogP contribution in [-0.2, 0) is 6.54 Å². The Bertz CT molecular complexity index is 513. The van der Waals surface area contributed by atoms with E-state index in [-0.39, 0.29) is 0 Å². The number of rotatable bonds is 3. The molecule has 0 fully saturated rings. The summed E-state index contributed by atoms with van der Waals surface area (Å²) < 4.78 is 25.6. The van der Waals surface area contributed by atoms with Gasteiger partial charge in [0.1, 0.15) is 0 Å². The average molecular weight is 236 g/mol. The maximum absolute atomic E-state index is 12.9. The first-order valence-electron chi connectivity index (χ1n) is 4.90. The van der Waals surface area contributed by atoms with Crippen molar-refractivity contribution in [1.29, 1.82) is 0 Å². The summed E-state index contributed by atoms with van der Waals surface area (Å²) in [5, 5.41) is 2.87. The van der Waals surface area contributed by atoms with Gasteiger partial charge in [-0.3, -0.25) is 0 Å². The van der Waals surface area contributed by atoms with Gasteiger partial charge in [0.2, 0.25) is 5.95 Å². The Morgan fingerprint density at radius 2 is 1.82 bits per heavy atom. The molecule has 1 aromatic heterocycles. The van der Waals surface area contributed by atoms with Crippen LogP contribution < -0.4 is 11.1 Å².